The van der Waals surface area contributed by atoms with E-state index < -0.39 is 4.92 Å². The van der Waals surface area contributed by atoms with Crippen LogP contribution in [0.2, 0.25) is 0 Å². The first-order valence-corrected chi connectivity index (χ1v) is 7.61. The van der Waals surface area contributed by atoms with Gasteiger partial charge in [0.2, 0.25) is 0 Å². The Bertz CT molecular complexity index is 452. The molecule has 0 atom stereocenters. The molecule has 0 N–H and O–H groups in total. The highest BCUT2D eigenvalue weighted by Gasteiger charge is 2.16. The van der Waals surface area contributed by atoms with Crippen LogP contribution in [0, 0.1) is 10.1 Å². The van der Waals surface area contributed by atoms with Crippen LogP contribution in [0.15, 0.2) is 24.3 Å². The number of Topliss-reactive ketones (excluding diaryl/α,β-unsaturated/α-hetero) is 1. The first kappa shape index (κ1) is 14.1. The summed E-state index contributed by atoms with van der Waals surface area (Å²) >= 11 is 1.73. The molecule has 102 valence electrons. The van der Waals surface area contributed by atoms with Gasteiger partial charge in [0.1, 0.15) is 0 Å². The number of ketones is 1. The summed E-state index contributed by atoms with van der Waals surface area (Å²) in [5.74, 6) is 0.535. The predicted octanol–water partition coefficient (Wildman–Crippen LogP) is 3.84. The number of carbonyl (C=O) groups excluding carboxylic acids is 1. The van der Waals surface area contributed by atoms with E-state index in [9.17, 15) is 14.9 Å². The Balaban J connectivity index is 1.86. The fourth-order valence-electron chi connectivity index (χ4n) is 2.28. The van der Waals surface area contributed by atoms with Gasteiger partial charge in [0.15, 0.2) is 5.78 Å². The van der Waals surface area contributed by atoms with Crippen molar-refractivity contribution in [3.05, 3.63) is 39.9 Å². The molecule has 2 rings (SSSR count). The lowest BCUT2D eigenvalue weighted by molar-refractivity contribution is -0.384. The molecule has 1 fully saturated rings. The van der Waals surface area contributed by atoms with Gasteiger partial charge in [0.05, 0.1) is 10.7 Å². The molecule has 0 unspecified atom stereocenters. The Morgan fingerprint density at radius 1 is 1.21 bits per heavy atom. The van der Waals surface area contributed by atoms with Crippen molar-refractivity contribution < 1.29 is 9.72 Å². The van der Waals surface area contributed by atoms with E-state index >= 15 is 0 Å². The van der Waals surface area contributed by atoms with E-state index in [0.29, 0.717) is 16.6 Å². The van der Waals surface area contributed by atoms with Crippen molar-refractivity contribution in [1.82, 2.24) is 0 Å². The smallest absolute Gasteiger partial charge is 0.269 e. The molecule has 1 aliphatic carbocycles. The number of non-ortho nitro benzene ring substituents is 1. The van der Waals surface area contributed by atoms with Crippen molar-refractivity contribution in [3.63, 3.8) is 0 Å². The molecule has 0 radical (unpaired) electrons. The monoisotopic (exact) mass is 279 g/mol. The Hall–Kier alpha value is -1.36. The van der Waals surface area contributed by atoms with Gasteiger partial charge < -0.3 is 0 Å². The summed E-state index contributed by atoms with van der Waals surface area (Å²) in [6.45, 7) is 0. The number of carbonyl (C=O) groups is 1. The molecule has 0 aromatic heterocycles. The Morgan fingerprint density at radius 2 is 1.84 bits per heavy atom. The van der Waals surface area contributed by atoms with Crippen LogP contribution in [0.1, 0.15) is 42.5 Å². The maximum Gasteiger partial charge on any atom is 0.269 e. The minimum absolute atomic E-state index is 0.0245. The molecular formula is C14H17NO3S. The Kier molecular flexibility index (Phi) is 4.96. The molecule has 1 aromatic rings. The number of nitro benzene ring substituents is 1. The second-order valence-electron chi connectivity index (χ2n) is 4.80. The van der Waals surface area contributed by atoms with Gasteiger partial charge in [-0.05, 0) is 25.0 Å². The zero-order valence-electron chi connectivity index (χ0n) is 10.7. The number of rotatable bonds is 5. The minimum atomic E-state index is -0.453. The molecule has 0 bridgehead atoms. The van der Waals surface area contributed by atoms with E-state index in [1.807, 2.05) is 0 Å². The lowest BCUT2D eigenvalue weighted by Crippen LogP contribution is -2.12. The quantitative estimate of drug-likeness (QED) is 0.466. The van der Waals surface area contributed by atoms with E-state index in [1.54, 1.807) is 23.9 Å². The van der Waals surface area contributed by atoms with E-state index in [0.717, 1.165) is 0 Å². The summed E-state index contributed by atoms with van der Waals surface area (Å²) < 4.78 is 0. The van der Waals surface area contributed by atoms with Gasteiger partial charge in [-0.25, -0.2) is 0 Å². The van der Waals surface area contributed by atoms with Crippen molar-refractivity contribution in [2.75, 3.05) is 5.75 Å². The van der Waals surface area contributed by atoms with Gasteiger partial charge in [-0.2, -0.15) is 11.8 Å². The highest BCUT2D eigenvalue weighted by atomic mass is 32.2. The molecule has 4 nitrogen and oxygen atoms in total. The highest BCUT2D eigenvalue weighted by molar-refractivity contribution is 8.00. The summed E-state index contributed by atoms with van der Waals surface area (Å²) in [5, 5.41) is 11.1. The number of nitro groups is 1. The number of hydrogen-bond acceptors (Lipinski definition) is 4. The second kappa shape index (κ2) is 6.70. The molecule has 19 heavy (non-hydrogen) atoms. The molecule has 1 aliphatic rings. The van der Waals surface area contributed by atoms with Gasteiger partial charge in [-0.1, -0.05) is 19.3 Å². The average molecular weight is 279 g/mol. The van der Waals surface area contributed by atoms with Crippen LogP contribution in [-0.4, -0.2) is 21.7 Å². The summed E-state index contributed by atoms with van der Waals surface area (Å²) in [6.07, 6.45) is 6.26. The number of hydrogen-bond donors (Lipinski definition) is 0. The summed E-state index contributed by atoms with van der Waals surface area (Å²) in [5.41, 5.74) is 0.588. The maximum absolute atomic E-state index is 12.0. The van der Waals surface area contributed by atoms with E-state index in [2.05, 4.69) is 0 Å². The van der Waals surface area contributed by atoms with Gasteiger partial charge in [-0.15, -0.1) is 0 Å². The molecule has 1 aromatic carbocycles. The normalized spacial score (nSPS) is 16.2. The second-order valence-corrected chi connectivity index (χ2v) is 6.09. The van der Waals surface area contributed by atoms with Crippen LogP contribution >= 0.6 is 11.8 Å². The van der Waals surface area contributed by atoms with Crippen molar-refractivity contribution in [2.24, 2.45) is 0 Å². The fraction of sp³-hybridized carbons (Fsp3) is 0.500. The minimum Gasteiger partial charge on any atom is -0.293 e. The van der Waals surface area contributed by atoms with Crippen LogP contribution in [0.5, 0.6) is 0 Å². The standard InChI is InChI=1S/C14H17NO3S/c16-14(10-19-13-4-2-1-3-5-13)11-6-8-12(9-7-11)15(17)18/h6-9,13H,1-5,10H2. The topological polar surface area (TPSA) is 60.2 Å². The molecule has 0 spiro atoms. The SMILES string of the molecule is O=C(CSC1CCCCC1)c1ccc([N+](=O)[O-])cc1. The summed E-state index contributed by atoms with van der Waals surface area (Å²) in [6, 6.07) is 5.86. The molecule has 0 aliphatic heterocycles. The zero-order chi connectivity index (χ0) is 13.7. The number of thioether (sulfide) groups is 1. The van der Waals surface area contributed by atoms with E-state index in [-0.39, 0.29) is 11.5 Å². The molecule has 1 saturated carbocycles. The van der Waals surface area contributed by atoms with Crippen molar-refractivity contribution in [3.8, 4) is 0 Å². The highest BCUT2D eigenvalue weighted by Crippen LogP contribution is 2.28. The third kappa shape index (κ3) is 4.06. The van der Waals surface area contributed by atoms with Gasteiger partial charge in [-0.3, -0.25) is 14.9 Å². The Morgan fingerprint density at radius 3 is 2.42 bits per heavy atom. The lowest BCUT2D eigenvalue weighted by Gasteiger charge is -2.20. The third-order valence-corrected chi connectivity index (χ3v) is 4.77. The zero-order valence-corrected chi connectivity index (χ0v) is 11.5. The molecule has 0 heterocycles. The summed E-state index contributed by atoms with van der Waals surface area (Å²) in [4.78, 5) is 22.1. The van der Waals surface area contributed by atoms with Crippen LogP contribution < -0.4 is 0 Å². The van der Waals surface area contributed by atoms with Crippen LogP contribution in [0.4, 0.5) is 5.69 Å². The largest absolute Gasteiger partial charge is 0.293 e. The van der Waals surface area contributed by atoms with Gasteiger partial charge in [0.25, 0.3) is 5.69 Å². The van der Waals surface area contributed by atoms with E-state index in [4.69, 9.17) is 0 Å². The van der Waals surface area contributed by atoms with E-state index in [1.165, 1.54) is 44.2 Å². The molecular weight excluding hydrogens is 262 g/mol. The first-order valence-electron chi connectivity index (χ1n) is 6.56. The van der Waals surface area contributed by atoms with Crippen molar-refractivity contribution >= 4 is 23.2 Å². The van der Waals surface area contributed by atoms with Crippen LogP contribution in [-0.2, 0) is 0 Å². The maximum atomic E-state index is 12.0. The van der Waals surface area contributed by atoms with Crippen molar-refractivity contribution in [1.29, 1.82) is 0 Å². The third-order valence-electron chi connectivity index (χ3n) is 3.40. The summed E-state index contributed by atoms with van der Waals surface area (Å²) in [7, 11) is 0. The van der Waals surface area contributed by atoms with Crippen molar-refractivity contribution in [2.45, 2.75) is 37.4 Å². The first-order chi connectivity index (χ1) is 9.16. The van der Waals surface area contributed by atoms with Crippen LogP contribution in [0.3, 0.4) is 0 Å². The molecule has 0 amide bonds. The lowest BCUT2D eigenvalue weighted by atomic mass is 10.0. The molecule has 5 heteroatoms. The number of benzene rings is 1. The predicted molar refractivity (Wildman–Crippen MR) is 76.8 cm³/mol. The Labute approximate surface area is 116 Å². The van der Waals surface area contributed by atoms with Gasteiger partial charge >= 0.3 is 0 Å². The molecule has 0 saturated heterocycles. The van der Waals surface area contributed by atoms with Crippen LogP contribution in [0.25, 0.3) is 0 Å². The fourth-order valence-corrected chi connectivity index (χ4v) is 3.50. The van der Waals surface area contributed by atoms with Gasteiger partial charge in [0, 0.05) is 22.9 Å². The average Bonchev–Trinajstić information content (AvgIpc) is 2.46. The number of nitrogens with zero attached hydrogens (tertiary/aromatic N) is 1.